The fourth-order valence-electron chi connectivity index (χ4n) is 4.96. The molecule has 1 atom stereocenters. The van der Waals surface area contributed by atoms with E-state index in [1.54, 1.807) is 0 Å². The summed E-state index contributed by atoms with van der Waals surface area (Å²) in [5, 5.41) is 0. The van der Waals surface area contributed by atoms with Gasteiger partial charge in [0.25, 0.3) is 0 Å². The molecule has 3 nitrogen and oxygen atoms in total. The van der Waals surface area contributed by atoms with Crippen LogP contribution in [0.3, 0.4) is 0 Å². The van der Waals surface area contributed by atoms with E-state index in [4.69, 9.17) is 14.2 Å². The summed E-state index contributed by atoms with van der Waals surface area (Å²) < 4.78 is 18.1. The van der Waals surface area contributed by atoms with Crippen LogP contribution in [-0.2, 0) is 20.8 Å². The molecule has 0 aliphatic carbocycles. The maximum Gasteiger partial charge on any atom is 0.115 e. The van der Waals surface area contributed by atoms with Gasteiger partial charge >= 0.3 is 0 Å². The van der Waals surface area contributed by atoms with Crippen molar-refractivity contribution < 1.29 is 14.2 Å². The van der Waals surface area contributed by atoms with E-state index >= 15 is 0 Å². The number of hydrogen-bond donors (Lipinski definition) is 0. The van der Waals surface area contributed by atoms with Crippen LogP contribution in [0.5, 0.6) is 0 Å². The van der Waals surface area contributed by atoms with Crippen molar-refractivity contribution in [2.45, 2.75) is 135 Å². The quantitative estimate of drug-likeness (QED) is 0.148. The molecule has 0 bridgehead atoms. The van der Waals surface area contributed by atoms with Gasteiger partial charge in [0.2, 0.25) is 0 Å². The first-order valence-electron chi connectivity index (χ1n) is 14.7. The van der Waals surface area contributed by atoms with Crippen molar-refractivity contribution >= 4 is 0 Å². The Morgan fingerprint density at radius 1 is 0.676 bits per heavy atom. The van der Waals surface area contributed by atoms with Gasteiger partial charge in [0.1, 0.15) is 5.60 Å². The van der Waals surface area contributed by atoms with Gasteiger partial charge in [0.05, 0.1) is 19.8 Å². The van der Waals surface area contributed by atoms with Gasteiger partial charge in [0.15, 0.2) is 0 Å². The van der Waals surface area contributed by atoms with Crippen LogP contribution in [0.1, 0.15) is 128 Å². The van der Waals surface area contributed by atoms with Gasteiger partial charge in [-0.15, -0.1) is 0 Å². The minimum atomic E-state index is -0.232. The zero-order valence-corrected chi connectivity index (χ0v) is 22.4. The molecule has 1 unspecified atom stereocenters. The van der Waals surface area contributed by atoms with E-state index in [1.165, 1.54) is 108 Å². The number of rotatable bonds is 23. The lowest BCUT2D eigenvalue weighted by atomic mass is 10.0. The molecular weight excluding hydrogens is 420 g/mol. The van der Waals surface area contributed by atoms with Gasteiger partial charge in [-0.2, -0.15) is 0 Å². The molecule has 0 spiro atoms. The minimum Gasteiger partial charge on any atom is -0.378 e. The zero-order valence-electron chi connectivity index (χ0n) is 22.4. The fraction of sp³-hybridized carbons (Fsp3) is 0.806. The van der Waals surface area contributed by atoms with Crippen molar-refractivity contribution in [3.05, 3.63) is 35.9 Å². The molecule has 0 radical (unpaired) electrons. The predicted octanol–water partition coefficient (Wildman–Crippen LogP) is 9.03. The van der Waals surface area contributed by atoms with Crippen molar-refractivity contribution in [2.75, 3.05) is 26.4 Å². The minimum absolute atomic E-state index is 0.232. The summed E-state index contributed by atoms with van der Waals surface area (Å²) in [4.78, 5) is 0. The second-order valence-electron chi connectivity index (χ2n) is 10.5. The van der Waals surface area contributed by atoms with E-state index in [0.717, 1.165) is 26.1 Å². The van der Waals surface area contributed by atoms with Crippen molar-refractivity contribution in [3.63, 3.8) is 0 Å². The smallest absolute Gasteiger partial charge is 0.115 e. The van der Waals surface area contributed by atoms with Crippen LogP contribution >= 0.6 is 0 Å². The Morgan fingerprint density at radius 2 is 1.21 bits per heavy atom. The van der Waals surface area contributed by atoms with Crippen molar-refractivity contribution in [2.24, 2.45) is 0 Å². The predicted molar refractivity (Wildman–Crippen MR) is 144 cm³/mol. The van der Waals surface area contributed by atoms with Crippen LogP contribution in [0, 0.1) is 0 Å². The van der Waals surface area contributed by atoms with E-state index in [0.29, 0.717) is 19.8 Å². The molecule has 3 heteroatoms. The van der Waals surface area contributed by atoms with E-state index in [2.05, 4.69) is 31.2 Å². The molecule has 34 heavy (non-hydrogen) atoms. The van der Waals surface area contributed by atoms with Crippen LogP contribution in [-0.4, -0.2) is 32.0 Å². The highest BCUT2D eigenvalue weighted by Gasteiger charge is 2.35. The Morgan fingerprint density at radius 3 is 1.74 bits per heavy atom. The number of benzene rings is 1. The number of ether oxygens (including phenoxy) is 3. The normalized spacial score (nSPS) is 18.0. The maximum absolute atomic E-state index is 6.06. The average Bonchev–Trinajstić information content (AvgIpc) is 3.33. The molecule has 1 heterocycles. The molecule has 196 valence electrons. The monoisotopic (exact) mass is 474 g/mol. The lowest BCUT2D eigenvalue weighted by molar-refractivity contribution is -0.110. The Hall–Kier alpha value is -0.900. The summed E-state index contributed by atoms with van der Waals surface area (Å²) >= 11 is 0. The number of hydrogen-bond acceptors (Lipinski definition) is 3. The van der Waals surface area contributed by atoms with E-state index in [-0.39, 0.29) is 5.60 Å². The van der Waals surface area contributed by atoms with Crippen molar-refractivity contribution in [3.8, 4) is 0 Å². The maximum atomic E-state index is 6.06. The Bertz CT molecular complexity index is 553. The zero-order chi connectivity index (χ0) is 24.0. The third-order valence-electron chi connectivity index (χ3n) is 7.17. The largest absolute Gasteiger partial charge is 0.378 e. The Balaban J connectivity index is 1.35. The summed E-state index contributed by atoms with van der Waals surface area (Å²) in [5.74, 6) is 0. The van der Waals surface area contributed by atoms with Gasteiger partial charge in [-0.3, -0.25) is 0 Å². The summed E-state index contributed by atoms with van der Waals surface area (Å²) in [6, 6.07) is 10.4. The standard InChI is InChI=1S/C31H54O3/c1-2-3-4-5-6-7-8-9-10-11-12-13-14-15-16-20-25-32-28-31(24-21-26-34-31)29-33-27-30-22-18-17-19-23-30/h17-19,22-23H,2-16,20-21,24-29H2,1H3. The van der Waals surface area contributed by atoms with Gasteiger partial charge in [-0.1, -0.05) is 134 Å². The van der Waals surface area contributed by atoms with Crippen LogP contribution in [0.4, 0.5) is 0 Å². The fourth-order valence-corrected chi connectivity index (χ4v) is 4.96. The van der Waals surface area contributed by atoms with Gasteiger partial charge in [-0.05, 0) is 24.8 Å². The molecule has 1 aromatic rings. The molecule has 1 aliphatic heterocycles. The summed E-state index contributed by atoms with van der Waals surface area (Å²) in [6.45, 7) is 5.91. The molecule has 1 aromatic carbocycles. The van der Waals surface area contributed by atoms with Crippen molar-refractivity contribution in [1.29, 1.82) is 0 Å². The van der Waals surface area contributed by atoms with E-state index in [9.17, 15) is 0 Å². The second-order valence-corrected chi connectivity index (χ2v) is 10.5. The summed E-state index contributed by atoms with van der Waals surface area (Å²) in [6.07, 6.45) is 24.6. The van der Waals surface area contributed by atoms with Crippen LogP contribution in [0.15, 0.2) is 30.3 Å². The van der Waals surface area contributed by atoms with Crippen molar-refractivity contribution in [1.82, 2.24) is 0 Å². The molecular formula is C31H54O3. The lowest BCUT2D eigenvalue weighted by Gasteiger charge is -2.28. The molecule has 1 aliphatic rings. The van der Waals surface area contributed by atoms with E-state index < -0.39 is 0 Å². The van der Waals surface area contributed by atoms with Gasteiger partial charge in [0, 0.05) is 13.2 Å². The third-order valence-corrected chi connectivity index (χ3v) is 7.17. The molecule has 1 fully saturated rings. The Labute approximate surface area is 211 Å². The molecule has 1 saturated heterocycles. The molecule has 0 saturated carbocycles. The number of unbranched alkanes of at least 4 members (excludes halogenated alkanes) is 15. The molecule has 2 rings (SSSR count). The summed E-state index contributed by atoms with van der Waals surface area (Å²) in [7, 11) is 0. The first-order chi connectivity index (χ1) is 16.8. The highest BCUT2D eigenvalue weighted by molar-refractivity contribution is 5.13. The molecule has 0 aromatic heterocycles. The highest BCUT2D eigenvalue weighted by atomic mass is 16.6. The molecule has 0 N–H and O–H groups in total. The third kappa shape index (κ3) is 14.5. The first-order valence-corrected chi connectivity index (χ1v) is 14.7. The van der Waals surface area contributed by atoms with Crippen LogP contribution in [0.25, 0.3) is 0 Å². The van der Waals surface area contributed by atoms with E-state index in [1.807, 2.05) is 6.07 Å². The SMILES string of the molecule is CCCCCCCCCCCCCCCCCCOCC1(COCc2ccccc2)CCCO1. The van der Waals surface area contributed by atoms with Crippen LogP contribution in [0.2, 0.25) is 0 Å². The topological polar surface area (TPSA) is 27.7 Å². The van der Waals surface area contributed by atoms with Crippen LogP contribution < -0.4 is 0 Å². The van der Waals surface area contributed by atoms with Gasteiger partial charge < -0.3 is 14.2 Å². The molecule has 0 amide bonds. The summed E-state index contributed by atoms with van der Waals surface area (Å²) in [5.41, 5.74) is 0.980. The first kappa shape index (κ1) is 29.3. The lowest BCUT2D eigenvalue weighted by Crippen LogP contribution is -2.39. The highest BCUT2D eigenvalue weighted by Crippen LogP contribution is 2.27. The average molecular weight is 475 g/mol. The Kier molecular flexibility index (Phi) is 17.5. The second kappa shape index (κ2) is 20.3. The van der Waals surface area contributed by atoms with Gasteiger partial charge in [-0.25, -0.2) is 0 Å².